The van der Waals surface area contributed by atoms with Crippen molar-refractivity contribution in [2.24, 2.45) is 0 Å². The van der Waals surface area contributed by atoms with E-state index in [-0.39, 0.29) is 5.91 Å². The van der Waals surface area contributed by atoms with E-state index in [1.165, 1.54) is 32.1 Å². The summed E-state index contributed by atoms with van der Waals surface area (Å²) in [5.41, 5.74) is 0. The maximum Gasteiger partial charge on any atom is 0.219 e. The van der Waals surface area contributed by atoms with Crippen LogP contribution in [-0.2, 0) is 4.79 Å². The average molecular weight is 258 g/mol. The molecule has 0 aromatic rings. The summed E-state index contributed by atoms with van der Waals surface area (Å²) in [5.74, 6) is 0.143. The summed E-state index contributed by atoms with van der Waals surface area (Å²) >= 11 is 0. The lowest BCUT2D eigenvalue weighted by Gasteiger charge is -2.08. The van der Waals surface area contributed by atoms with E-state index >= 15 is 0 Å². The molecule has 0 aromatic carbocycles. The van der Waals surface area contributed by atoms with Crippen LogP contribution in [0.15, 0.2) is 0 Å². The molecule has 0 atom stereocenters. The minimum absolute atomic E-state index is 0.143. The molecule has 0 aromatic heterocycles. The standard InChI is InChI=1S/C14H30N2O2/c1-3-4-5-6-7-8-9-11-14(17)15-12-10-13-16(2)18/h18H,3-13H2,1-2H3,(H,15,17). The van der Waals surface area contributed by atoms with Gasteiger partial charge >= 0.3 is 0 Å². The zero-order valence-electron chi connectivity index (χ0n) is 12.1. The summed E-state index contributed by atoms with van der Waals surface area (Å²) in [6.45, 7) is 3.47. The lowest BCUT2D eigenvalue weighted by molar-refractivity contribution is -0.121. The van der Waals surface area contributed by atoms with Crippen molar-refractivity contribution in [3.05, 3.63) is 0 Å². The Morgan fingerprint density at radius 2 is 1.67 bits per heavy atom. The zero-order chi connectivity index (χ0) is 13.6. The highest BCUT2D eigenvalue weighted by Crippen LogP contribution is 2.08. The monoisotopic (exact) mass is 258 g/mol. The number of rotatable bonds is 12. The second-order valence-corrected chi connectivity index (χ2v) is 4.96. The number of hydrogen-bond donors (Lipinski definition) is 2. The first kappa shape index (κ1) is 17.4. The van der Waals surface area contributed by atoms with Crippen LogP contribution in [0.25, 0.3) is 0 Å². The lowest BCUT2D eigenvalue weighted by Crippen LogP contribution is -2.26. The van der Waals surface area contributed by atoms with Crippen molar-refractivity contribution in [1.29, 1.82) is 0 Å². The van der Waals surface area contributed by atoms with Crippen LogP contribution >= 0.6 is 0 Å². The first-order valence-corrected chi connectivity index (χ1v) is 7.33. The van der Waals surface area contributed by atoms with Gasteiger partial charge in [0.25, 0.3) is 0 Å². The Labute approximate surface area is 112 Å². The van der Waals surface area contributed by atoms with E-state index in [2.05, 4.69) is 12.2 Å². The van der Waals surface area contributed by atoms with Crippen LogP contribution in [0.1, 0.15) is 64.7 Å². The van der Waals surface area contributed by atoms with Gasteiger partial charge in [0.1, 0.15) is 0 Å². The zero-order valence-corrected chi connectivity index (χ0v) is 12.1. The molecule has 18 heavy (non-hydrogen) atoms. The summed E-state index contributed by atoms with van der Waals surface area (Å²) in [7, 11) is 1.61. The third-order valence-corrected chi connectivity index (χ3v) is 2.99. The molecule has 0 aliphatic carbocycles. The number of amides is 1. The predicted molar refractivity (Wildman–Crippen MR) is 74.7 cm³/mol. The molecule has 0 spiro atoms. The maximum absolute atomic E-state index is 11.4. The molecular weight excluding hydrogens is 228 g/mol. The van der Waals surface area contributed by atoms with E-state index in [4.69, 9.17) is 5.21 Å². The largest absolute Gasteiger partial charge is 0.356 e. The highest BCUT2D eigenvalue weighted by molar-refractivity contribution is 5.75. The molecule has 0 saturated carbocycles. The highest BCUT2D eigenvalue weighted by Gasteiger charge is 2.00. The summed E-state index contributed by atoms with van der Waals surface area (Å²) < 4.78 is 0. The number of nitrogens with one attached hydrogen (secondary N) is 1. The number of nitrogens with zero attached hydrogens (tertiary/aromatic N) is 1. The molecule has 2 N–H and O–H groups in total. The smallest absolute Gasteiger partial charge is 0.219 e. The van der Waals surface area contributed by atoms with E-state index in [1.807, 2.05) is 0 Å². The SMILES string of the molecule is CCCCCCCCCC(=O)NCCCN(C)O. The Kier molecular flexibility index (Phi) is 12.4. The summed E-state index contributed by atoms with van der Waals surface area (Å²) in [5, 5.41) is 12.9. The van der Waals surface area contributed by atoms with E-state index in [9.17, 15) is 4.79 Å². The first-order valence-electron chi connectivity index (χ1n) is 7.33. The van der Waals surface area contributed by atoms with Gasteiger partial charge in [-0.05, 0) is 12.8 Å². The first-order chi connectivity index (χ1) is 8.66. The van der Waals surface area contributed by atoms with Crippen molar-refractivity contribution >= 4 is 5.91 Å². The topological polar surface area (TPSA) is 52.6 Å². The molecular formula is C14H30N2O2. The Balaban J connectivity index is 3.17. The second-order valence-electron chi connectivity index (χ2n) is 4.96. The van der Waals surface area contributed by atoms with E-state index in [0.29, 0.717) is 19.5 Å². The molecule has 4 nitrogen and oxygen atoms in total. The summed E-state index contributed by atoms with van der Waals surface area (Å²) in [6, 6.07) is 0. The van der Waals surface area contributed by atoms with E-state index < -0.39 is 0 Å². The molecule has 0 aliphatic rings. The van der Waals surface area contributed by atoms with Crippen molar-refractivity contribution in [2.75, 3.05) is 20.1 Å². The normalized spacial score (nSPS) is 10.9. The van der Waals surface area contributed by atoms with Crippen LogP contribution < -0.4 is 5.32 Å². The van der Waals surface area contributed by atoms with Crippen LogP contribution in [0.4, 0.5) is 0 Å². The minimum atomic E-state index is 0.143. The fraction of sp³-hybridized carbons (Fsp3) is 0.929. The molecule has 0 radical (unpaired) electrons. The third kappa shape index (κ3) is 13.5. The number of hydrogen-bond acceptors (Lipinski definition) is 3. The van der Waals surface area contributed by atoms with Gasteiger partial charge in [-0.1, -0.05) is 45.4 Å². The quantitative estimate of drug-likeness (QED) is 0.418. The summed E-state index contributed by atoms with van der Waals surface area (Å²) in [4.78, 5) is 11.4. The molecule has 1 amide bonds. The molecule has 0 saturated heterocycles. The van der Waals surface area contributed by atoms with Crippen LogP contribution in [-0.4, -0.2) is 36.3 Å². The van der Waals surface area contributed by atoms with Crippen LogP contribution in [0.5, 0.6) is 0 Å². The number of unbranched alkanes of at least 4 members (excludes halogenated alkanes) is 6. The van der Waals surface area contributed by atoms with Gasteiger partial charge < -0.3 is 10.5 Å². The average Bonchev–Trinajstić information content (AvgIpc) is 2.33. The van der Waals surface area contributed by atoms with Gasteiger partial charge in [-0.15, -0.1) is 0 Å². The maximum atomic E-state index is 11.4. The van der Waals surface area contributed by atoms with Crippen LogP contribution in [0.2, 0.25) is 0 Å². The molecule has 0 bridgehead atoms. The van der Waals surface area contributed by atoms with Gasteiger partial charge in [-0.25, -0.2) is 0 Å². The van der Waals surface area contributed by atoms with Crippen LogP contribution in [0, 0.1) is 0 Å². The molecule has 0 rings (SSSR count). The molecule has 0 unspecified atom stereocenters. The Morgan fingerprint density at radius 3 is 2.28 bits per heavy atom. The van der Waals surface area contributed by atoms with Gasteiger partial charge in [0.15, 0.2) is 0 Å². The molecule has 0 aliphatic heterocycles. The fourth-order valence-electron chi connectivity index (χ4n) is 1.87. The Hall–Kier alpha value is -0.610. The Bertz CT molecular complexity index is 196. The van der Waals surface area contributed by atoms with Gasteiger partial charge in [-0.3, -0.25) is 4.79 Å². The number of hydroxylamine groups is 2. The molecule has 0 fully saturated rings. The third-order valence-electron chi connectivity index (χ3n) is 2.99. The van der Waals surface area contributed by atoms with Crippen molar-refractivity contribution < 1.29 is 10.0 Å². The van der Waals surface area contributed by atoms with Gasteiger partial charge in [0.05, 0.1) is 0 Å². The molecule has 4 heteroatoms. The van der Waals surface area contributed by atoms with Gasteiger partial charge in [0, 0.05) is 26.6 Å². The van der Waals surface area contributed by atoms with Crippen LogP contribution in [0.3, 0.4) is 0 Å². The van der Waals surface area contributed by atoms with Gasteiger partial charge in [-0.2, -0.15) is 5.06 Å². The van der Waals surface area contributed by atoms with Crippen molar-refractivity contribution in [3.63, 3.8) is 0 Å². The lowest BCUT2D eigenvalue weighted by atomic mass is 10.1. The number of carbonyl (C=O) groups is 1. The minimum Gasteiger partial charge on any atom is -0.356 e. The van der Waals surface area contributed by atoms with Crippen molar-refractivity contribution in [2.45, 2.75) is 64.7 Å². The molecule has 108 valence electrons. The predicted octanol–water partition coefficient (Wildman–Crippen LogP) is 2.95. The van der Waals surface area contributed by atoms with Crippen molar-refractivity contribution in [3.8, 4) is 0 Å². The van der Waals surface area contributed by atoms with Crippen molar-refractivity contribution in [1.82, 2.24) is 10.4 Å². The Morgan fingerprint density at radius 1 is 1.06 bits per heavy atom. The summed E-state index contributed by atoms with van der Waals surface area (Å²) in [6.07, 6.45) is 10.1. The van der Waals surface area contributed by atoms with E-state index in [0.717, 1.165) is 24.3 Å². The van der Waals surface area contributed by atoms with Gasteiger partial charge in [0.2, 0.25) is 5.91 Å². The number of carbonyl (C=O) groups excluding carboxylic acids is 1. The fourth-order valence-corrected chi connectivity index (χ4v) is 1.87. The second kappa shape index (κ2) is 12.8. The highest BCUT2D eigenvalue weighted by atomic mass is 16.5. The molecule has 0 heterocycles. The van der Waals surface area contributed by atoms with E-state index in [1.54, 1.807) is 7.05 Å².